The number of methoxy groups -OCH3 is 1. The summed E-state index contributed by atoms with van der Waals surface area (Å²) in [5, 5.41) is 14.3. The highest BCUT2D eigenvalue weighted by Gasteiger charge is 2.16. The summed E-state index contributed by atoms with van der Waals surface area (Å²) in [5.74, 6) is -1.22. The molecule has 0 radical (unpaired) electrons. The molecule has 4 aromatic rings. The van der Waals surface area contributed by atoms with Gasteiger partial charge in [-0.05, 0) is 30.3 Å². The third-order valence-electron chi connectivity index (χ3n) is 5.20. The number of anilines is 1. The van der Waals surface area contributed by atoms with Gasteiger partial charge in [-0.3, -0.25) is 24.5 Å². The molecule has 0 bridgehead atoms. The second kappa shape index (κ2) is 9.41. The molecule has 0 saturated carbocycles. The number of hydrogen-bond donors (Lipinski definition) is 1. The Morgan fingerprint density at radius 1 is 1.00 bits per heavy atom. The van der Waals surface area contributed by atoms with Gasteiger partial charge in [-0.1, -0.05) is 24.3 Å². The van der Waals surface area contributed by atoms with Crippen LogP contribution in [-0.2, 0) is 20.9 Å². The topological polar surface area (TPSA) is 130 Å². The van der Waals surface area contributed by atoms with Crippen LogP contribution in [-0.4, -0.2) is 35.1 Å². The van der Waals surface area contributed by atoms with Crippen LogP contribution in [0.2, 0.25) is 0 Å². The van der Waals surface area contributed by atoms with E-state index in [0.717, 1.165) is 0 Å². The van der Waals surface area contributed by atoms with Gasteiger partial charge in [-0.15, -0.1) is 0 Å². The van der Waals surface area contributed by atoms with Gasteiger partial charge >= 0.3 is 5.97 Å². The molecule has 0 aliphatic heterocycles. The van der Waals surface area contributed by atoms with E-state index in [1.807, 2.05) is 0 Å². The number of nitrogens with one attached hydrogen (secondary N) is 1. The van der Waals surface area contributed by atoms with E-state index in [2.05, 4.69) is 5.32 Å². The summed E-state index contributed by atoms with van der Waals surface area (Å²) >= 11 is 0. The van der Waals surface area contributed by atoms with Crippen molar-refractivity contribution >= 4 is 45.1 Å². The van der Waals surface area contributed by atoms with Crippen molar-refractivity contribution < 1.29 is 24.0 Å². The Labute approximate surface area is 192 Å². The van der Waals surface area contributed by atoms with Crippen LogP contribution in [0.1, 0.15) is 0 Å². The molecule has 1 N–H and O–H groups in total. The number of nitro groups is 1. The number of hydrogen-bond acceptors (Lipinski definition) is 7. The van der Waals surface area contributed by atoms with Crippen molar-refractivity contribution in [2.75, 3.05) is 19.0 Å². The molecule has 34 heavy (non-hydrogen) atoms. The van der Waals surface area contributed by atoms with Crippen LogP contribution in [0.3, 0.4) is 0 Å². The molecular formula is C24H19N3O7. The first-order valence-corrected chi connectivity index (χ1v) is 10.2. The fourth-order valence-corrected chi connectivity index (χ4v) is 3.65. The number of amides is 1. The van der Waals surface area contributed by atoms with Gasteiger partial charge in [0, 0.05) is 16.8 Å². The highest BCUT2D eigenvalue weighted by Crippen LogP contribution is 2.29. The third-order valence-corrected chi connectivity index (χ3v) is 5.20. The van der Waals surface area contributed by atoms with E-state index in [-0.39, 0.29) is 29.1 Å². The lowest BCUT2D eigenvalue weighted by atomic mass is 10.1. The zero-order valence-corrected chi connectivity index (χ0v) is 18.0. The first-order chi connectivity index (χ1) is 16.4. The standard InChI is InChI=1S/C24H19N3O7/c1-33-21-12-15(27(31)32)10-11-18(21)25-22(28)14-34-23(29)13-26-19-8-4-2-6-16(19)24(30)17-7-3-5-9-20(17)26/h2-12H,13-14H2,1H3,(H,25,28). The summed E-state index contributed by atoms with van der Waals surface area (Å²) in [5.41, 5.74) is 1.02. The van der Waals surface area contributed by atoms with Gasteiger partial charge in [0.1, 0.15) is 12.3 Å². The number of esters is 1. The van der Waals surface area contributed by atoms with Gasteiger partial charge in [-0.25, -0.2) is 0 Å². The zero-order chi connectivity index (χ0) is 24.2. The van der Waals surface area contributed by atoms with Gasteiger partial charge in [-0.2, -0.15) is 0 Å². The molecule has 4 rings (SSSR count). The number of para-hydroxylation sites is 2. The van der Waals surface area contributed by atoms with Crippen molar-refractivity contribution in [1.29, 1.82) is 0 Å². The summed E-state index contributed by atoms with van der Waals surface area (Å²) in [6, 6.07) is 17.6. The summed E-state index contributed by atoms with van der Waals surface area (Å²) < 4.78 is 11.9. The van der Waals surface area contributed by atoms with Gasteiger partial charge in [0.05, 0.1) is 34.8 Å². The molecule has 10 nitrogen and oxygen atoms in total. The normalized spacial score (nSPS) is 10.7. The zero-order valence-electron chi connectivity index (χ0n) is 18.0. The predicted octanol–water partition coefficient (Wildman–Crippen LogP) is 3.25. The second-order valence-corrected chi connectivity index (χ2v) is 7.30. The SMILES string of the molecule is COc1cc([N+](=O)[O-])ccc1NC(=O)COC(=O)Cn1c2ccccc2c(=O)c2ccccc21. The van der Waals surface area contributed by atoms with Gasteiger partial charge in [0.15, 0.2) is 12.0 Å². The Morgan fingerprint density at radius 2 is 1.62 bits per heavy atom. The van der Waals surface area contributed by atoms with Crippen LogP contribution >= 0.6 is 0 Å². The maximum absolute atomic E-state index is 12.8. The molecule has 0 saturated heterocycles. The number of aromatic nitrogens is 1. The molecule has 3 aromatic carbocycles. The molecule has 0 aliphatic rings. The quantitative estimate of drug-likeness (QED) is 0.193. The molecule has 0 spiro atoms. The maximum atomic E-state index is 12.8. The van der Waals surface area contributed by atoms with Gasteiger partial charge in [0.25, 0.3) is 11.6 Å². The number of non-ortho nitro benzene ring substituents is 1. The van der Waals surface area contributed by atoms with Crippen LogP contribution in [0.15, 0.2) is 71.5 Å². The third kappa shape index (κ3) is 4.42. The smallest absolute Gasteiger partial charge is 0.326 e. The summed E-state index contributed by atoms with van der Waals surface area (Å²) in [4.78, 5) is 48.0. The van der Waals surface area contributed by atoms with Crippen molar-refractivity contribution in [3.63, 3.8) is 0 Å². The Bertz CT molecular complexity index is 1430. The molecule has 0 aliphatic carbocycles. The van der Waals surface area contributed by atoms with Gasteiger partial charge < -0.3 is 19.4 Å². The molecule has 0 unspecified atom stereocenters. The van der Waals surface area contributed by atoms with Crippen molar-refractivity contribution in [2.45, 2.75) is 6.54 Å². The van der Waals surface area contributed by atoms with Crippen LogP contribution in [0.5, 0.6) is 5.75 Å². The lowest BCUT2D eigenvalue weighted by molar-refractivity contribution is -0.384. The highest BCUT2D eigenvalue weighted by molar-refractivity contribution is 5.96. The minimum Gasteiger partial charge on any atom is -0.494 e. The Balaban J connectivity index is 1.50. The van der Waals surface area contributed by atoms with Crippen molar-refractivity contribution in [1.82, 2.24) is 4.57 Å². The summed E-state index contributed by atoms with van der Waals surface area (Å²) in [7, 11) is 1.31. The number of carbonyl (C=O) groups is 2. The average Bonchev–Trinajstić information content (AvgIpc) is 2.85. The fraction of sp³-hybridized carbons (Fsp3) is 0.125. The van der Waals surface area contributed by atoms with E-state index in [0.29, 0.717) is 21.8 Å². The van der Waals surface area contributed by atoms with Crippen LogP contribution in [0, 0.1) is 10.1 Å². The molecule has 1 heterocycles. The van der Waals surface area contributed by atoms with Crippen molar-refractivity contribution in [3.8, 4) is 5.75 Å². The highest BCUT2D eigenvalue weighted by atomic mass is 16.6. The number of pyridine rings is 1. The Hall–Kier alpha value is -4.73. The number of rotatable bonds is 7. The van der Waals surface area contributed by atoms with E-state index in [1.165, 1.54) is 25.3 Å². The number of carbonyl (C=O) groups excluding carboxylic acids is 2. The van der Waals surface area contributed by atoms with Crippen molar-refractivity contribution in [2.24, 2.45) is 0 Å². The monoisotopic (exact) mass is 461 g/mol. The fourth-order valence-electron chi connectivity index (χ4n) is 3.65. The molecule has 1 amide bonds. The number of nitro benzene ring substituents is 1. The van der Waals surface area contributed by atoms with E-state index >= 15 is 0 Å². The van der Waals surface area contributed by atoms with E-state index in [9.17, 15) is 24.5 Å². The largest absolute Gasteiger partial charge is 0.494 e. The first-order valence-electron chi connectivity index (χ1n) is 10.2. The van der Waals surface area contributed by atoms with Crippen LogP contribution in [0.25, 0.3) is 21.8 Å². The molecule has 0 atom stereocenters. The predicted molar refractivity (Wildman–Crippen MR) is 125 cm³/mol. The molecule has 1 aromatic heterocycles. The Kier molecular flexibility index (Phi) is 6.22. The Morgan fingerprint density at radius 3 is 2.21 bits per heavy atom. The number of ether oxygens (including phenoxy) is 2. The summed E-state index contributed by atoms with van der Waals surface area (Å²) in [6.07, 6.45) is 0. The minimum absolute atomic E-state index is 0.0973. The van der Waals surface area contributed by atoms with E-state index in [1.54, 1.807) is 53.1 Å². The number of nitrogens with zero attached hydrogens (tertiary/aromatic N) is 2. The van der Waals surface area contributed by atoms with Crippen LogP contribution in [0.4, 0.5) is 11.4 Å². The molecular weight excluding hydrogens is 442 g/mol. The average molecular weight is 461 g/mol. The first kappa shape index (κ1) is 22.5. The number of benzene rings is 3. The molecule has 172 valence electrons. The van der Waals surface area contributed by atoms with E-state index in [4.69, 9.17) is 9.47 Å². The second-order valence-electron chi connectivity index (χ2n) is 7.30. The van der Waals surface area contributed by atoms with Gasteiger partial charge in [0.2, 0.25) is 0 Å². The van der Waals surface area contributed by atoms with E-state index < -0.39 is 23.4 Å². The molecule has 0 fully saturated rings. The van der Waals surface area contributed by atoms with Crippen LogP contribution < -0.4 is 15.5 Å². The lowest BCUT2D eigenvalue weighted by Gasteiger charge is -2.15. The maximum Gasteiger partial charge on any atom is 0.326 e. The number of fused-ring (bicyclic) bond motifs is 2. The minimum atomic E-state index is -0.676. The summed E-state index contributed by atoms with van der Waals surface area (Å²) in [6.45, 7) is -0.787. The van der Waals surface area contributed by atoms with Crippen molar-refractivity contribution in [3.05, 3.63) is 87.1 Å². The molecule has 10 heteroatoms. The lowest BCUT2D eigenvalue weighted by Crippen LogP contribution is -2.24.